The number of hydrogen-bond acceptors (Lipinski definition) is 2. The Kier molecular flexibility index (Phi) is 5.47. The molecule has 9 rings (SSSR count). The normalized spacial score (nSPS) is 11.6. The molecule has 0 N–H and O–H groups in total. The van der Waals surface area contributed by atoms with Crippen LogP contribution in [0.5, 0.6) is 0 Å². The molecule has 9 aromatic rings. The molecule has 0 aliphatic heterocycles. The van der Waals surface area contributed by atoms with Crippen molar-refractivity contribution in [3.8, 4) is 33.8 Å². The molecule has 4 heteroatoms. The zero-order valence-electron chi connectivity index (χ0n) is 23.8. The van der Waals surface area contributed by atoms with Crippen LogP contribution in [0.2, 0.25) is 0 Å². The van der Waals surface area contributed by atoms with Crippen LogP contribution in [0.4, 0.5) is 0 Å². The molecule has 0 bridgehead atoms. The first-order chi connectivity index (χ1) is 21.8. The zero-order chi connectivity index (χ0) is 29.0. The number of benzene rings is 5. The number of hydrogen-bond donors (Lipinski definition) is 0. The van der Waals surface area contributed by atoms with Gasteiger partial charge in [0.1, 0.15) is 0 Å². The number of nitrogens with zero attached hydrogens (tertiary/aromatic N) is 4. The van der Waals surface area contributed by atoms with Crippen LogP contribution in [-0.4, -0.2) is 19.1 Å². The van der Waals surface area contributed by atoms with E-state index in [2.05, 4.69) is 148 Å². The van der Waals surface area contributed by atoms with E-state index in [-0.39, 0.29) is 0 Å². The first-order valence-electron chi connectivity index (χ1n) is 14.8. The van der Waals surface area contributed by atoms with E-state index in [4.69, 9.17) is 4.98 Å². The van der Waals surface area contributed by atoms with Gasteiger partial charge in [0.15, 0.2) is 0 Å². The summed E-state index contributed by atoms with van der Waals surface area (Å²) in [6, 6.07) is 49.4. The molecular weight excluding hydrogens is 536 g/mol. The van der Waals surface area contributed by atoms with Crippen LogP contribution < -0.4 is 0 Å². The van der Waals surface area contributed by atoms with Gasteiger partial charge in [0.05, 0.1) is 27.8 Å². The molecule has 0 saturated heterocycles. The van der Waals surface area contributed by atoms with Crippen LogP contribution >= 0.6 is 0 Å². The highest BCUT2D eigenvalue weighted by Crippen LogP contribution is 2.40. The Labute approximate surface area is 254 Å². The van der Waals surface area contributed by atoms with Gasteiger partial charge in [-0.1, -0.05) is 84.9 Å². The minimum absolute atomic E-state index is 0.936. The molecule has 206 valence electrons. The van der Waals surface area contributed by atoms with Crippen LogP contribution in [0.1, 0.15) is 0 Å². The van der Waals surface area contributed by atoms with Crippen molar-refractivity contribution in [3.05, 3.63) is 158 Å². The largest absolute Gasteiger partial charge is 0.315 e. The maximum Gasteiger partial charge on any atom is 0.0788 e. The maximum atomic E-state index is 5.13. The predicted octanol–water partition coefficient (Wildman–Crippen LogP) is 10.0. The third kappa shape index (κ3) is 3.78. The smallest absolute Gasteiger partial charge is 0.0788 e. The molecule has 4 heterocycles. The molecule has 4 aromatic heterocycles. The molecule has 0 aliphatic carbocycles. The summed E-state index contributed by atoms with van der Waals surface area (Å²) >= 11 is 0. The van der Waals surface area contributed by atoms with Crippen molar-refractivity contribution in [1.82, 2.24) is 19.1 Å². The van der Waals surface area contributed by atoms with Gasteiger partial charge in [0.25, 0.3) is 0 Å². The zero-order valence-corrected chi connectivity index (χ0v) is 23.8. The summed E-state index contributed by atoms with van der Waals surface area (Å²) in [5.74, 6) is 0. The lowest BCUT2D eigenvalue weighted by Crippen LogP contribution is -1.97. The van der Waals surface area contributed by atoms with E-state index in [0.717, 1.165) is 50.2 Å². The minimum Gasteiger partial charge on any atom is -0.315 e. The van der Waals surface area contributed by atoms with Gasteiger partial charge in [-0.05, 0) is 65.7 Å². The van der Waals surface area contributed by atoms with Crippen molar-refractivity contribution in [2.24, 2.45) is 0 Å². The molecule has 0 amide bonds. The van der Waals surface area contributed by atoms with Crippen molar-refractivity contribution in [1.29, 1.82) is 0 Å². The quantitative estimate of drug-likeness (QED) is 0.214. The average molecular weight is 563 g/mol. The number of fused-ring (bicyclic) bond motifs is 6. The lowest BCUT2D eigenvalue weighted by atomic mass is 9.98. The first-order valence-corrected chi connectivity index (χ1v) is 14.8. The molecular formula is C40H26N4. The third-order valence-corrected chi connectivity index (χ3v) is 8.62. The highest BCUT2D eigenvalue weighted by molar-refractivity contribution is 6.18. The van der Waals surface area contributed by atoms with Gasteiger partial charge < -0.3 is 9.13 Å². The SMILES string of the molecule is c1ccc(-c2cc(-c3ccc4c(c3)c3ccc5ccn(-c6ccccc6)c5c3n4-c3ccccc3)nc3ccncc23)cc1. The minimum atomic E-state index is 0.936. The van der Waals surface area contributed by atoms with E-state index >= 15 is 0 Å². The highest BCUT2D eigenvalue weighted by Gasteiger charge is 2.19. The second kappa shape index (κ2) is 9.79. The average Bonchev–Trinajstić information content (AvgIpc) is 3.68. The lowest BCUT2D eigenvalue weighted by molar-refractivity contribution is 1.12. The first kappa shape index (κ1) is 24.6. The van der Waals surface area contributed by atoms with E-state index in [9.17, 15) is 0 Å². The number of para-hydroxylation sites is 2. The van der Waals surface area contributed by atoms with Crippen molar-refractivity contribution in [2.45, 2.75) is 0 Å². The van der Waals surface area contributed by atoms with Gasteiger partial charge in [0, 0.05) is 57.1 Å². The Balaban J connectivity index is 1.35. The molecule has 5 aromatic carbocycles. The fourth-order valence-electron chi connectivity index (χ4n) is 6.60. The van der Waals surface area contributed by atoms with E-state index in [1.807, 2.05) is 24.5 Å². The highest BCUT2D eigenvalue weighted by atomic mass is 15.0. The van der Waals surface area contributed by atoms with E-state index in [1.165, 1.54) is 27.2 Å². The van der Waals surface area contributed by atoms with Crippen molar-refractivity contribution >= 4 is 43.6 Å². The van der Waals surface area contributed by atoms with Gasteiger partial charge >= 0.3 is 0 Å². The molecule has 44 heavy (non-hydrogen) atoms. The molecule has 0 atom stereocenters. The predicted molar refractivity (Wildman–Crippen MR) is 182 cm³/mol. The van der Waals surface area contributed by atoms with Gasteiger partial charge in [-0.15, -0.1) is 0 Å². The Morgan fingerprint density at radius 1 is 0.523 bits per heavy atom. The molecule has 0 radical (unpaired) electrons. The van der Waals surface area contributed by atoms with Gasteiger partial charge in [0.2, 0.25) is 0 Å². The van der Waals surface area contributed by atoms with Crippen LogP contribution in [0.25, 0.3) is 77.4 Å². The van der Waals surface area contributed by atoms with Crippen LogP contribution in [0.15, 0.2) is 158 Å². The Bertz CT molecular complexity index is 2470. The number of aromatic nitrogens is 4. The monoisotopic (exact) mass is 562 g/mol. The van der Waals surface area contributed by atoms with Crippen molar-refractivity contribution in [3.63, 3.8) is 0 Å². The summed E-state index contributed by atoms with van der Waals surface area (Å²) in [7, 11) is 0. The number of rotatable bonds is 4. The molecule has 0 aliphatic rings. The second-order valence-corrected chi connectivity index (χ2v) is 11.1. The number of pyridine rings is 2. The van der Waals surface area contributed by atoms with Gasteiger partial charge in [-0.2, -0.15) is 0 Å². The van der Waals surface area contributed by atoms with Gasteiger partial charge in [-0.25, -0.2) is 4.98 Å². The van der Waals surface area contributed by atoms with E-state index in [0.29, 0.717) is 0 Å². The lowest BCUT2D eigenvalue weighted by Gasteiger charge is -2.12. The summed E-state index contributed by atoms with van der Waals surface area (Å²) in [6.07, 6.45) is 5.91. The molecule has 0 unspecified atom stereocenters. The maximum absolute atomic E-state index is 5.13. The Morgan fingerprint density at radius 3 is 2.07 bits per heavy atom. The summed E-state index contributed by atoms with van der Waals surface area (Å²) in [5, 5.41) is 4.66. The fraction of sp³-hybridized carbons (Fsp3) is 0. The van der Waals surface area contributed by atoms with Crippen molar-refractivity contribution < 1.29 is 0 Å². The van der Waals surface area contributed by atoms with E-state index < -0.39 is 0 Å². The van der Waals surface area contributed by atoms with Gasteiger partial charge in [-0.3, -0.25) is 4.98 Å². The topological polar surface area (TPSA) is 35.6 Å². The molecule has 0 spiro atoms. The van der Waals surface area contributed by atoms with Crippen LogP contribution in [0.3, 0.4) is 0 Å². The summed E-state index contributed by atoms with van der Waals surface area (Å²) < 4.78 is 4.72. The summed E-state index contributed by atoms with van der Waals surface area (Å²) in [6.45, 7) is 0. The molecule has 0 fully saturated rings. The van der Waals surface area contributed by atoms with Crippen molar-refractivity contribution in [2.75, 3.05) is 0 Å². The second-order valence-electron chi connectivity index (χ2n) is 11.1. The standard InChI is InChI=1S/C40H26N4/c1-4-10-27(11-5-1)33-25-37(42-36-20-22-41-26-35(33)36)29-17-19-38-34(24-29)32-18-16-28-21-23-43(30-12-6-2-7-13-30)39(28)40(32)44(38)31-14-8-3-9-15-31/h1-26H. The Hall–Kier alpha value is -6.00. The summed E-state index contributed by atoms with van der Waals surface area (Å²) in [4.78, 5) is 9.54. The summed E-state index contributed by atoms with van der Waals surface area (Å²) in [5.41, 5.74) is 11.1. The molecule has 4 nitrogen and oxygen atoms in total. The third-order valence-electron chi connectivity index (χ3n) is 8.62. The van der Waals surface area contributed by atoms with Crippen LogP contribution in [-0.2, 0) is 0 Å². The Morgan fingerprint density at radius 2 is 1.27 bits per heavy atom. The van der Waals surface area contributed by atoms with E-state index in [1.54, 1.807) is 0 Å². The van der Waals surface area contributed by atoms with Crippen LogP contribution in [0, 0.1) is 0 Å². The molecule has 0 saturated carbocycles. The fourth-order valence-corrected chi connectivity index (χ4v) is 6.60.